The Hall–Kier alpha value is -1.31. The topological polar surface area (TPSA) is 37.3 Å². The average molecular weight is 194 g/mol. The van der Waals surface area contributed by atoms with Crippen molar-refractivity contribution in [3.05, 3.63) is 35.9 Å². The average Bonchev–Trinajstić information content (AvgIpc) is 2.15. The maximum absolute atomic E-state index is 9.00. The lowest BCUT2D eigenvalue weighted by Gasteiger charge is -1.96. The summed E-state index contributed by atoms with van der Waals surface area (Å²) in [6, 6.07) is 10.6. The van der Waals surface area contributed by atoms with E-state index < -0.39 is 5.97 Å². The zero-order valence-corrected chi connectivity index (χ0v) is 8.86. The van der Waals surface area contributed by atoms with Crippen molar-refractivity contribution < 1.29 is 9.90 Å². The molecule has 0 bridgehead atoms. The number of rotatable bonds is 3. The number of aliphatic carboxylic acids is 1. The smallest absolute Gasteiger partial charge is 0.300 e. The maximum Gasteiger partial charge on any atom is 0.300 e. The van der Waals surface area contributed by atoms with Gasteiger partial charge in [-0.3, -0.25) is 4.79 Å². The van der Waals surface area contributed by atoms with Crippen molar-refractivity contribution in [3.8, 4) is 0 Å². The molecule has 0 saturated heterocycles. The number of carboxylic acids is 1. The minimum Gasteiger partial charge on any atom is -0.481 e. The van der Waals surface area contributed by atoms with Crippen molar-refractivity contribution in [2.75, 3.05) is 0 Å². The van der Waals surface area contributed by atoms with E-state index in [2.05, 4.69) is 37.3 Å². The number of hydrogen-bond acceptors (Lipinski definition) is 1. The number of aryl methyl sites for hydroxylation is 1. The fraction of sp³-hybridized carbons (Fsp3) is 0.417. The molecule has 0 fully saturated rings. The molecule has 0 aromatic heterocycles. The molecule has 0 aliphatic heterocycles. The van der Waals surface area contributed by atoms with Gasteiger partial charge in [-0.05, 0) is 18.4 Å². The van der Waals surface area contributed by atoms with E-state index in [0.29, 0.717) is 0 Å². The quantitative estimate of drug-likeness (QED) is 0.802. The molecule has 1 rings (SSSR count). The third-order valence-electron chi connectivity index (χ3n) is 1.66. The molecule has 0 atom stereocenters. The standard InChI is InChI=1S/C10H14.C2H4O2/c1-2-3-7-10-8-5-4-6-9-10;1-2(3)4/h4-6,8-9H,2-3,7H2,1H3;1H3,(H,3,4). The SMILES string of the molecule is CC(=O)O.CCCCc1ccccc1. The van der Waals surface area contributed by atoms with Crippen molar-refractivity contribution in [2.24, 2.45) is 0 Å². The van der Waals surface area contributed by atoms with Gasteiger partial charge in [0.1, 0.15) is 0 Å². The summed E-state index contributed by atoms with van der Waals surface area (Å²) in [6.07, 6.45) is 3.83. The van der Waals surface area contributed by atoms with E-state index in [1.807, 2.05) is 0 Å². The lowest BCUT2D eigenvalue weighted by atomic mass is 10.1. The molecule has 1 aromatic carbocycles. The van der Waals surface area contributed by atoms with Crippen LogP contribution in [0.3, 0.4) is 0 Å². The Morgan fingerprint density at radius 1 is 1.29 bits per heavy atom. The van der Waals surface area contributed by atoms with Gasteiger partial charge < -0.3 is 5.11 Å². The molecular formula is C12H18O2. The first-order chi connectivity index (χ1) is 6.66. The molecule has 1 N–H and O–H groups in total. The largest absolute Gasteiger partial charge is 0.481 e. The summed E-state index contributed by atoms with van der Waals surface area (Å²) in [5, 5.41) is 7.42. The van der Waals surface area contributed by atoms with Crippen molar-refractivity contribution in [1.29, 1.82) is 0 Å². The predicted octanol–water partition coefficient (Wildman–Crippen LogP) is 3.12. The molecule has 0 aliphatic rings. The molecule has 2 nitrogen and oxygen atoms in total. The van der Waals surface area contributed by atoms with Gasteiger partial charge in [0.05, 0.1) is 0 Å². The number of carbonyl (C=O) groups is 1. The first-order valence-electron chi connectivity index (χ1n) is 4.90. The molecule has 0 aliphatic carbocycles. The van der Waals surface area contributed by atoms with E-state index in [-0.39, 0.29) is 0 Å². The van der Waals surface area contributed by atoms with Crippen LogP contribution in [0.1, 0.15) is 32.3 Å². The van der Waals surface area contributed by atoms with Crippen molar-refractivity contribution in [3.63, 3.8) is 0 Å². The van der Waals surface area contributed by atoms with Gasteiger partial charge in [0.15, 0.2) is 0 Å². The van der Waals surface area contributed by atoms with Crippen LogP contribution in [0.15, 0.2) is 30.3 Å². The van der Waals surface area contributed by atoms with Gasteiger partial charge in [-0.15, -0.1) is 0 Å². The van der Waals surface area contributed by atoms with E-state index in [0.717, 1.165) is 6.92 Å². The number of hydrogen-bond donors (Lipinski definition) is 1. The first-order valence-corrected chi connectivity index (χ1v) is 4.90. The molecule has 1 aromatic rings. The van der Waals surface area contributed by atoms with Crippen LogP contribution in [0, 0.1) is 0 Å². The van der Waals surface area contributed by atoms with Crippen LogP contribution < -0.4 is 0 Å². The van der Waals surface area contributed by atoms with Gasteiger partial charge in [-0.25, -0.2) is 0 Å². The highest BCUT2D eigenvalue weighted by Crippen LogP contribution is 2.03. The molecular weight excluding hydrogens is 176 g/mol. The molecule has 0 saturated carbocycles. The highest BCUT2D eigenvalue weighted by Gasteiger charge is 1.87. The van der Waals surface area contributed by atoms with E-state index >= 15 is 0 Å². The normalized spacial score (nSPS) is 8.71. The summed E-state index contributed by atoms with van der Waals surface area (Å²) in [5.74, 6) is -0.833. The summed E-state index contributed by atoms with van der Waals surface area (Å²) in [7, 11) is 0. The molecule has 0 unspecified atom stereocenters. The van der Waals surface area contributed by atoms with Gasteiger partial charge >= 0.3 is 0 Å². The third kappa shape index (κ3) is 8.78. The zero-order chi connectivity index (χ0) is 10.8. The molecule has 0 heterocycles. The van der Waals surface area contributed by atoms with Crippen LogP contribution in [0.4, 0.5) is 0 Å². The van der Waals surface area contributed by atoms with E-state index in [9.17, 15) is 0 Å². The fourth-order valence-electron chi connectivity index (χ4n) is 1.03. The summed E-state index contributed by atoms with van der Waals surface area (Å²) < 4.78 is 0. The monoisotopic (exact) mass is 194 g/mol. The number of benzene rings is 1. The molecule has 0 spiro atoms. The third-order valence-corrected chi connectivity index (χ3v) is 1.66. The highest BCUT2D eigenvalue weighted by atomic mass is 16.4. The number of unbranched alkanes of at least 4 members (excludes halogenated alkanes) is 1. The Labute approximate surface area is 85.6 Å². The van der Waals surface area contributed by atoms with Crippen molar-refractivity contribution >= 4 is 5.97 Å². The van der Waals surface area contributed by atoms with Crippen molar-refractivity contribution in [1.82, 2.24) is 0 Å². The van der Waals surface area contributed by atoms with E-state index in [4.69, 9.17) is 9.90 Å². The minimum atomic E-state index is -0.833. The Morgan fingerprint density at radius 2 is 1.79 bits per heavy atom. The van der Waals surface area contributed by atoms with Gasteiger partial charge in [-0.1, -0.05) is 43.7 Å². The van der Waals surface area contributed by atoms with Crippen LogP contribution >= 0.6 is 0 Å². The summed E-state index contributed by atoms with van der Waals surface area (Å²) in [6.45, 7) is 3.31. The molecule has 0 radical (unpaired) electrons. The Bertz CT molecular complexity index is 238. The Balaban J connectivity index is 0.000000364. The predicted molar refractivity (Wildman–Crippen MR) is 58.4 cm³/mol. The molecule has 14 heavy (non-hydrogen) atoms. The zero-order valence-electron chi connectivity index (χ0n) is 8.86. The van der Waals surface area contributed by atoms with Crippen molar-refractivity contribution in [2.45, 2.75) is 33.1 Å². The minimum absolute atomic E-state index is 0.833. The second-order valence-corrected chi connectivity index (χ2v) is 3.11. The van der Waals surface area contributed by atoms with E-state index in [1.54, 1.807) is 0 Å². The lowest BCUT2D eigenvalue weighted by Crippen LogP contribution is -1.81. The number of carboxylic acid groups (broad SMARTS) is 1. The van der Waals surface area contributed by atoms with Crippen LogP contribution in [0.25, 0.3) is 0 Å². The van der Waals surface area contributed by atoms with Gasteiger partial charge in [0, 0.05) is 6.92 Å². The van der Waals surface area contributed by atoms with Crippen LogP contribution in [-0.4, -0.2) is 11.1 Å². The lowest BCUT2D eigenvalue weighted by molar-refractivity contribution is -0.134. The Kier molecular flexibility index (Phi) is 7.52. The van der Waals surface area contributed by atoms with Gasteiger partial charge in [0.2, 0.25) is 0 Å². The molecule has 0 amide bonds. The fourth-order valence-corrected chi connectivity index (χ4v) is 1.03. The van der Waals surface area contributed by atoms with Crippen LogP contribution in [0.5, 0.6) is 0 Å². The summed E-state index contributed by atoms with van der Waals surface area (Å²) in [5.41, 5.74) is 1.46. The molecule has 78 valence electrons. The second kappa shape index (κ2) is 8.30. The van der Waals surface area contributed by atoms with Crippen LogP contribution in [0.2, 0.25) is 0 Å². The van der Waals surface area contributed by atoms with Gasteiger partial charge in [0.25, 0.3) is 5.97 Å². The Morgan fingerprint density at radius 3 is 2.21 bits per heavy atom. The maximum atomic E-state index is 9.00. The van der Waals surface area contributed by atoms with Crippen LogP contribution in [-0.2, 0) is 11.2 Å². The van der Waals surface area contributed by atoms with E-state index in [1.165, 1.54) is 24.8 Å². The first kappa shape index (κ1) is 12.7. The summed E-state index contributed by atoms with van der Waals surface area (Å²) in [4.78, 5) is 9.00. The summed E-state index contributed by atoms with van der Waals surface area (Å²) >= 11 is 0. The van der Waals surface area contributed by atoms with Gasteiger partial charge in [-0.2, -0.15) is 0 Å². The molecule has 2 heteroatoms. The second-order valence-electron chi connectivity index (χ2n) is 3.11. The highest BCUT2D eigenvalue weighted by molar-refractivity contribution is 5.62.